The zero-order chi connectivity index (χ0) is 21.2. The summed E-state index contributed by atoms with van der Waals surface area (Å²) in [5, 5.41) is 3.20. The van der Waals surface area contributed by atoms with Crippen LogP contribution >= 0.6 is 11.6 Å². The number of nitrogens with zero attached hydrogens (tertiary/aromatic N) is 3. The van der Waals surface area contributed by atoms with Gasteiger partial charge < -0.3 is 14.6 Å². The monoisotopic (exact) mass is 440 g/mol. The first-order valence-electron chi connectivity index (χ1n) is 9.39. The van der Waals surface area contributed by atoms with Gasteiger partial charge in [-0.25, -0.2) is 13.4 Å². The molecule has 0 aliphatic carbocycles. The Labute approximate surface area is 175 Å². The predicted molar refractivity (Wildman–Crippen MR) is 110 cm³/mol. The number of carbonyl (C=O) groups is 1. The van der Waals surface area contributed by atoms with Crippen LogP contribution in [-0.2, 0) is 23.6 Å². The van der Waals surface area contributed by atoms with E-state index in [1.54, 1.807) is 24.6 Å². The lowest BCUT2D eigenvalue weighted by atomic mass is 10.2. The first-order chi connectivity index (χ1) is 13.8. The molecule has 10 heteroatoms. The molecule has 3 heterocycles. The Kier molecular flexibility index (Phi) is 6.50. The molecule has 0 atom stereocenters. The van der Waals surface area contributed by atoms with Crippen molar-refractivity contribution in [2.24, 2.45) is 7.05 Å². The molecule has 1 amide bonds. The lowest BCUT2D eigenvalue weighted by molar-refractivity contribution is 0.0942. The van der Waals surface area contributed by atoms with Crippen molar-refractivity contribution in [3.63, 3.8) is 0 Å². The van der Waals surface area contributed by atoms with E-state index >= 15 is 0 Å². The van der Waals surface area contributed by atoms with Gasteiger partial charge in [0, 0.05) is 38.6 Å². The fourth-order valence-corrected chi connectivity index (χ4v) is 5.43. The van der Waals surface area contributed by atoms with E-state index in [0.717, 1.165) is 19.3 Å². The van der Waals surface area contributed by atoms with Crippen LogP contribution in [0.3, 0.4) is 0 Å². The highest BCUT2D eigenvalue weighted by atomic mass is 35.5. The van der Waals surface area contributed by atoms with Crippen molar-refractivity contribution >= 4 is 27.5 Å². The summed E-state index contributed by atoms with van der Waals surface area (Å²) in [7, 11) is -0.479. The molecule has 3 rings (SSSR count). The summed E-state index contributed by atoms with van der Waals surface area (Å²) in [6, 6.07) is 3.05. The Morgan fingerprint density at radius 3 is 2.66 bits per heavy atom. The van der Waals surface area contributed by atoms with Crippen LogP contribution in [0.25, 0.3) is 0 Å². The molecule has 2 aromatic heterocycles. The van der Waals surface area contributed by atoms with Gasteiger partial charge in [0.2, 0.25) is 15.9 Å². The molecule has 1 aliphatic heterocycles. The largest absolute Gasteiger partial charge is 0.481 e. The van der Waals surface area contributed by atoms with Gasteiger partial charge in [-0.15, -0.1) is 0 Å². The fourth-order valence-electron chi connectivity index (χ4n) is 3.44. The number of halogens is 1. The Bertz CT molecular complexity index is 1010. The van der Waals surface area contributed by atoms with E-state index in [0.29, 0.717) is 35.2 Å². The topological polar surface area (TPSA) is 93.5 Å². The maximum Gasteiger partial charge on any atom is 0.268 e. The molecule has 8 nitrogen and oxygen atoms in total. The molecular formula is C19H25ClN4O4S. The van der Waals surface area contributed by atoms with Gasteiger partial charge in [0.05, 0.1) is 17.7 Å². The van der Waals surface area contributed by atoms with Crippen LogP contribution in [0.1, 0.15) is 41.0 Å². The minimum Gasteiger partial charge on any atom is -0.481 e. The number of aromatic nitrogens is 2. The van der Waals surface area contributed by atoms with E-state index in [9.17, 15) is 13.2 Å². The van der Waals surface area contributed by atoms with E-state index in [1.807, 2.05) is 0 Å². The van der Waals surface area contributed by atoms with E-state index in [2.05, 4.69) is 10.3 Å². The summed E-state index contributed by atoms with van der Waals surface area (Å²) >= 11 is 6.18. The molecule has 158 valence electrons. The van der Waals surface area contributed by atoms with Crippen LogP contribution in [0.4, 0.5) is 0 Å². The van der Waals surface area contributed by atoms with E-state index in [1.165, 1.54) is 23.7 Å². The van der Waals surface area contributed by atoms with Crippen molar-refractivity contribution in [1.29, 1.82) is 0 Å². The standard InChI is InChI=1S/C19H25ClN4O4S/c1-13-17(29(26,27)24-9-5-4-6-10-24)11-16(23(13)2)18(25)22-12-14-15(20)7-8-21-19(14)28-3/h7-8,11H,4-6,9-10,12H2,1-3H3,(H,22,25). The number of amides is 1. The Hall–Kier alpha value is -2.10. The second kappa shape index (κ2) is 8.73. The highest BCUT2D eigenvalue weighted by Crippen LogP contribution is 2.27. The third-order valence-electron chi connectivity index (χ3n) is 5.23. The molecule has 2 aromatic rings. The second-order valence-corrected chi connectivity index (χ2v) is 9.28. The minimum atomic E-state index is -3.63. The molecule has 1 saturated heterocycles. The molecule has 29 heavy (non-hydrogen) atoms. The number of pyridine rings is 1. The maximum atomic E-state index is 13.0. The number of carbonyl (C=O) groups excluding carboxylic acids is 1. The van der Waals surface area contributed by atoms with Gasteiger partial charge in [-0.05, 0) is 31.9 Å². The van der Waals surface area contributed by atoms with Gasteiger partial charge in [0.15, 0.2) is 0 Å². The quantitative estimate of drug-likeness (QED) is 0.744. The first kappa shape index (κ1) is 21.6. The molecule has 0 aromatic carbocycles. The SMILES string of the molecule is COc1nccc(Cl)c1CNC(=O)c1cc(S(=O)(=O)N2CCCCC2)c(C)n1C. The molecule has 1 aliphatic rings. The predicted octanol–water partition coefficient (Wildman–Crippen LogP) is 2.50. The number of ether oxygens (including phenoxy) is 1. The van der Waals surface area contributed by atoms with E-state index in [4.69, 9.17) is 16.3 Å². The van der Waals surface area contributed by atoms with Crippen LogP contribution in [-0.4, -0.2) is 48.4 Å². The van der Waals surface area contributed by atoms with E-state index in [-0.39, 0.29) is 17.1 Å². The summed E-state index contributed by atoms with van der Waals surface area (Å²) in [6.07, 6.45) is 4.26. The Balaban J connectivity index is 1.83. The number of sulfonamides is 1. The Morgan fingerprint density at radius 2 is 2.00 bits per heavy atom. The molecule has 0 spiro atoms. The number of hydrogen-bond donors (Lipinski definition) is 1. The lowest BCUT2D eigenvalue weighted by Gasteiger charge is -2.25. The maximum absolute atomic E-state index is 13.0. The van der Waals surface area contributed by atoms with Crippen molar-refractivity contribution in [3.8, 4) is 5.88 Å². The second-order valence-electron chi connectivity index (χ2n) is 6.97. The molecule has 0 radical (unpaired) electrons. The highest BCUT2D eigenvalue weighted by molar-refractivity contribution is 7.89. The van der Waals surface area contributed by atoms with Gasteiger partial charge in [0.25, 0.3) is 5.91 Å². The van der Waals surface area contributed by atoms with Gasteiger partial charge in [-0.3, -0.25) is 4.79 Å². The highest BCUT2D eigenvalue weighted by Gasteiger charge is 2.30. The van der Waals surface area contributed by atoms with Crippen molar-refractivity contribution in [1.82, 2.24) is 19.2 Å². The third kappa shape index (κ3) is 4.26. The number of methoxy groups -OCH3 is 1. The van der Waals surface area contributed by atoms with E-state index < -0.39 is 15.9 Å². The summed E-state index contributed by atoms with van der Waals surface area (Å²) in [6.45, 7) is 2.83. The van der Waals surface area contributed by atoms with Gasteiger partial charge in [0.1, 0.15) is 10.6 Å². The summed E-state index contributed by atoms with van der Waals surface area (Å²) < 4.78 is 34.4. The van der Waals surface area contributed by atoms with Crippen LogP contribution < -0.4 is 10.1 Å². The lowest BCUT2D eigenvalue weighted by Crippen LogP contribution is -2.35. The summed E-state index contributed by atoms with van der Waals surface area (Å²) in [5.74, 6) is -0.0770. The Morgan fingerprint density at radius 1 is 1.31 bits per heavy atom. The number of hydrogen-bond acceptors (Lipinski definition) is 5. The van der Waals surface area contributed by atoms with Gasteiger partial charge in [-0.1, -0.05) is 18.0 Å². The van der Waals surface area contributed by atoms with Crippen LogP contribution in [0.5, 0.6) is 5.88 Å². The average molecular weight is 441 g/mol. The molecule has 0 saturated carbocycles. The summed E-state index contributed by atoms with van der Waals surface area (Å²) in [4.78, 5) is 17.0. The van der Waals surface area contributed by atoms with Gasteiger partial charge in [-0.2, -0.15) is 4.31 Å². The molecule has 0 unspecified atom stereocenters. The minimum absolute atomic E-state index is 0.104. The number of rotatable bonds is 6. The zero-order valence-electron chi connectivity index (χ0n) is 16.7. The van der Waals surface area contributed by atoms with Crippen molar-refractivity contribution < 1.29 is 17.9 Å². The van der Waals surface area contributed by atoms with Crippen LogP contribution in [0.2, 0.25) is 5.02 Å². The average Bonchev–Trinajstić information content (AvgIpc) is 3.03. The number of piperidine rings is 1. The van der Waals surface area contributed by atoms with Crippen molar-refractivity contribution in [2.45, 2.75) is 37.6 Å². The van der Waals surface area contributed by atoms with Crippen LogP contribution in [0, 0.1) is 6.92 Å². The zero-order valence-corrected chi connectivity index (χ0v) is 18.3. The molecule has 0 bridgehead atoms. The molecule has 1 N–H and O–H groups in total. The smallest absolute Gasteiger partial charge is 0.268 e. The molecular weight excluding hydrogens is 416 g/mol. The first-order valence-corrected chi connectivity index (χ1v) is 11.2. The summed E-state index contributed by atoms with van der Waals surface area (Å²) in [5.41, 5.74) is 1.34. The van der Waals surface area contributed by atoms with Crippen molar-refractivity contribution in [2.75, 3.05) is 20.2 Å². The normalized spacial score (nSPS) is 15.3. The fraction of sp³-hybridized carbons (Fsp3) is 0.474. The van der Waals surface area contributed by atoms with Crippen molar-refractivity contribution in [3.05, 3.63) is 40.3 Å². The van der Waals surface area contributed by atoms with Gasteiger partial charge >= 0.3 is 0 Å². The number of nitrogens with one attached hydrogen (secondary N) is 1. The third-order valence-corrected chi connectivity index (χ3v) is 7.60. The van der Waals surface area contributed by atoms with Crippen LogP contribution in [0.15, 0.2) is 23.2 Å². The molecule has 1 fully saturated rings.